The van der Waals surface area contributed by atoms with Crippen LogP contribution in [0.25, 0.3) is 0 Å². The van der Waals surface area contributed by atoms with Crippen molar-refractivity contribution in [3.8, 4) is 5.75 Å². The molecule has 1 atom stereocenters. The van der Waals surface area contributed by atoms with Crippen LogP contribution in [0.2, 0.25) is 0 Å². The van der Waals surface area contributed by atoms with Crippen LogP contribution in [-0.2, 0) is 4.79 Å². The third-order valence-corrected chi connectivity index (χ3v) is 5.56. The van der Waals surface area contributed by atoms with E-state index in [0.29, 0.717) is 30.6 Å². The van der Waals surface area contributed by atoms with Gasteiger partial charge in [-0.15, -0.1) is 0 Å². The molecular weight excluding hydrogens is 479 g/mol. The van der Waals surface area contributed by atoms with E-state index in [9.17, 15) is 18.0 Å². The molecule has 5 nitrogen and oxygen atoms in total. The summed E-state index contributed by atoms with van der Waals surface area (Å²) in [4.78, 5) is 15.0. The first-order valence-electron chi connectivity index (χ1n) is 12.7. The summed E-state index contributed by atoms with van der Waals surface area (Å²) in [6.45, 7) is 17.2. The Bertz CT molecular complexity index is 998. The van der Waals surface area contributed by atoms with Crippen LogP contribution in [0.15, 0.2) is 48.9 Å². The summed E-state index contributed by atoms with van der Waals surface area (Å²) in [6.07, 6.45) is 0.920. The molecule has 37 heavy (non-hydrogen) atoms. The molecule has 0 aliphatic carbocycles. The number of rotatable bonds is 11. The summed E-state index contributed by atoms with van der Waals surface area (Å²) in [6, 6.07) is 8.13. The monoisotopic (exact) mass is 521 g/mol. The summed E-state index contributed by atoms with van der Waals surface area (Å²) in [5, 5.41) is 11.8. The quantitative estimate of drug-likeness (QED) is 0.228. The number of ketones is 1. The number of benzene rings is 1. The number of nitrogens with zero attached hydrogens (tertiary/aromatic N) is 1. The van der Waals surface area contributed by atoms with Crippen molar-refractivity contribution in [1.29, 1.82) is 5.41 Å². The van der Waals surface area contributed by atoms with E-state index in [2.05, 4.69) is 35.5 Å². The van der Waals surface area contributed by atoms with E-state index in [1.165, 1.54) is 12.1 Å². The van der Waals surface area contributed by atoms with Gasteiger partial charge in [-0.3, -0.25) is 4.79 Å². The molecule has 0 spiro atoms. The molecule has 0 aliphatic rings. The van der Waals surface area contributed by atoms with Gasteiger partial charge in [-0.1, -0.05) is 48.1 Å². The second kappa shape index (κ2) is 16.6. The standard InChI is InChI=1S/C20H25F2N3O.C7H11FO.C2H6/c1-5-14(6-2)18(23)17-13(3)11-12-24-19(17)25-15-7-9-16(10-8-15)26-20(4,21)22;1-4-5(2)7(9)6(3)8;1-2/h7-12,14,23H,5-6H2,1-4H3,(H,24,25);5H,3-4H2,1-2H3;1-2H3. The Labute approximate surface area is 220 Å². The van der Waals surface area contributed by atoms with Crippen LogP contribution >= 0.6 is 0 Å². The molecule has 206 valence electrons. The Balaban J connectivity index is 0.000000997. The Morgan fingerprint density at radius 3 is 2.05 bits per heavy atom. The lowest BCUT2D eigenvalue weighted by molar-refractivity contribution is -0.158. The van der Waals surface area contributed by atoms with Crippen LogP contribution in [-0.4, -0.2) is 22.6 Å². The molecule has 8 heteroatoms. The minimum Gasteiger partial charge on any atom is -0.433 e. The predicted molar refractivity (Wildman–Crippen MR) is 147 cm³/mol. The Morgan fingerprint density at radius 2 is 1.65 bits per heavy atom. The van der Waals surface area contributed by atoms with Gasteiger partial charge in [0, 0.05) is 41.9 Å². The van der Waals surface area contributed by atoms with Crippen molar-refractivity contribution < 1.29 is 22.7 Å². The highest BCUT2D eigenvalue weighted by Crippen LogP contribution is 2.28. The molecule has 0 fully saturated rings. The largest absolute Gasteiger partial charge is 0.433 e. The van der Waals surface area contributed by atoms with E-state index in [-0.39, 0.29) is 17.6 Å². The molecule has 0 saturated carbocycles. The predicted octanol–water partition coefficient (Wildman–Crippen LogP) is 9.04. The molecule has 0 aliphatic heterocycles. The highest BCUT2D eigenvalue weighted by Gasteiger charge is 2.23. The number of aryl methyl sites for hydroxylation is 1. The molecule has 2 rings (SSSR count). The zero-order chi connectivity index (χ0) is 28.8. The minimum atomic E-state index is -3.22. The van der Waals surface area contributed by atoms with Crippen molar-refractivity contribution in [2.45, 2.75) is 80.8 Å². The zero-order valence-electron chi connectivity index (χ0n) is 23.3. The maximum absolute atomic E-state index is 12.9. The van der Waals surface area contributed by atoms with Crippen molar-refractivity contribution in [2.75, 3.05) is 5.32 Å². The van der Waals surface area contributed by atoms with Gasteiger partial charge in [0.05, 0.1) is 0 Å². The molecule has 2 aromatic rings. The highest BCUT2D eigenvalue weighted by atomic mass is 19.3. The molecular formula is C29H42F3N3O2. The number of aromatic nitrogens is 1. The van der Waals surface area contributed by atoms with Gasteiger partial charge in [-0.25, -0.2) is 9.37 Å². The van der Waals surface area contributed by atoms with E-state index >= 15 is 0 Å². The van der Waals surface area contributed by atoms with E-state index in [1.807, 2.05) is 33.8 Å². The normalized spacial score (nSPS) is 11.4. The van der Waals surface area contributed by atoms with Gasteiger partial charge in [-0.05, 0) is 62.1 Å². The third-order valence-electron chi connectivity index (χ3n) is 5.56. The van der Waals surface area contributed by atoms with E-state index in [1.54, 1.807) is 25.3 Å². The number of carbonyl (C=O) groups is 1. The number of alkyl halides is 2. The summed E-state index contributed by atoms with van der Waals surface area (Å²) in [5.41, 5.74) is 3.02. The van der Waals surface area contributed by atoms with Gasteiger partial charge >= 0.3 is 6.11 Å². The molecule has 1 unspecified atom stereocenters. The Morgan fingerprint density at radius 1 is 1.11 bits per heavy atom. The van der Waals surface area contributed by atoms with E-state index in [0.717, 1.165) is 24.0 Å². The average Bonchev–Trinajstić information content (AvgIpc) is 2.85. The second-order valence-corrected chi connectivity index (χ2v) is 8.42. The Hall–Kier alpha value is -3.16. The highest BCUT2D eigenvalue weighted by molar-refractivity contribution is 6.05. The number of pyridine rings is 1. The van der Waals surface area contributed by atoms with E-state index < -0.39 is 17.7 Å². The maximum Gasteiger partial charge on any atom is 0.394 e. The number of hydrogen-bond acceptors (Lipinski definition) is 5. The fourth-order valence-electron chi connectivity index (χ4n) is 3.30. The first kappa shape index (κ1) is 33.8. The lowest BCUT2D eigenvalue weighted by Gasteiger charge is -2.19. The zero-order valence-corrected chi connectivity index (χ0v) is 23.3. The van der Waals surface area contributed by atoms with Crippen molar-refractivity contribution in [2.24, 2.45) is 11.8 Å². The van der Waals surface area contributed by atoms with Crippen LogP contribution in [0.4, 0.5) is 24.7 Å². The number of Topliss-reactive ketones (excluding diaryl/α,β-unsaturated/α-hetero) is 1. The molecule has 0 bridgehead atoms. The summed E-state index contributed by atoms with van der Waals surface area (Å²) in [7, 11) is 0. The first-order chi connectivity index (χ1) is 17.3. The number of halogens is 3. The van der Waals surface area contributed by atoms with Crippen LogP contribution in [0.5, 0.6) is 5.75 Å². The van der Waals surface area contributed by atoms with Crippen LogP contribution in [0, 0.1) is 24.2 Å². The molecule has 2 N–H and O–H groups in total. The summed E-state index contributed by atoms with van der Waals surface area (Å²) in [5.74, 6) is -0.674. The number of nitrogens with one attached hydrogen (secondary N) is 2. The average molecular weight is 522 g/mol. The number of allylic oxidation sites excluding steroid dienone is 1. The third kappa shape index (κ3) is 11.6. The smallest absolute Gasteiger partial charge is 0.394 e. The molecule has 1 heterocycles. The fourth-order valence-corrected chi connectivity index (χ4v) is 3.30. The van der Waals surface area contributed by atoms with Gasteiger partial charge in [0.2, 0.25) is 0 Å². The molecule has 1 aromatic carbocycles. The van der Waals surface area contributed by atoms with Gasteiger partial charge in [0.15, 0.2) is 11.6 Å². The maximum atomic E-state index is 12.9. The van der Waals surface area contributed by atoms with Gasteiger partial charge < -0.3 is 15.5 Å². The number of anilines is 2. The van der Waals surface area contributed by atoms with Crippen molar-refractivity contribution in [1.82, 2.24) is 4.98 Å². The van der Waals surface area contributed by atoms with Gasteiger partial charge in [0.1, 0.15) is 11.6 Å². The van der Waals surface area contributed by atoms with Gasteiger partial charge in [-0.2, -0.15) is 8.78 Å². The van der Waals surface area contributed by atoms with Gasteiger partial charge in [0.25, 0.3) is 0 Å². The van der Waals surface area contributed by atoms with Crippen LogP contribution in [0.1, 0.15) is 78.9 Å². The fraction of sp³-hybridized carbons (Fsp3) is 0.483. The SMILES string of the molecule is C=C(F)C(=O)C(C)CC.CC.CCC(CC)C(=N)c1c(C)ccnc1Nc1ccc(OC(C)(F)F)cc1. The molecule has 0 amide bonds. The van der Waals surface area contributed by atoms with Crippen molar-refractivity contribution >= 4 is 23.0 Å². The first-order valence-corrected chi connectivity index (χ1v) is 12.7. The van der Waals surface area contributed by atoms with Crippen LogP contribution < -0.4 is 10.1 Å². The lowest BCUT2D eigenvalue weighted by Crippen LogP contribution is -2.19. The molecule has 0 saturated heterocycles. The van der Waals surface area contributed by atoms with Crippen LogP contribution in [0.3, 0.4) is 0 Å². The summed E-state index contributed by atoms with van der Waals surface area (Å²) < 4.78 is 42.4. The van der Waals surface area contributed by atoms with Crippen molar-refractivity contribution in [3.63, 3.8) is 0 Å². The number of carbonyl (C=O) groups excluding carboxylic acids is 1. The van der Waals surface area contributed by atoms with Crippen molar-refractivity contribution in [3.05, 3.63) is 60.1 Å². The number of hydrogen-bond donors (Lipinski definition) is 2. The second-order valence-electron chi connectivity index (χ2n) is 8.42. The number of ether oxygens (including phenoxy) is 1. The molecule has 0 radical (unpaired) electrons. The minimum absolute atomic E-state index is 0.0882. The Kier molecular flexibility index (Phi) is 15.1. The summed E-state index contributed by atoms with van der Waals surface area (Å²) >= 11 is 0. The topological polar surface area (TPSA) is 75.1 Å². The molecule has 1 aromatic heterocycles. The van der Waals surface area contributed by atoms with E-state index in [4.69, 9.17) is 5.41 Å². The lowest BCUT2D eigenvalue weighted by atomic mass is 9.90.